The number of benzene rings is 2. The van der Waals surface area contributed by atoms with E-state index in [1.165, 1.54) is 13.0 Å². The highest BCUT2D eigenvalue weighted by atomic mass is 19.1. The summed E-state index contributed by atoms with van der Waals surface area (Å²) in [6.45, 7) is 2.49. The van der Waals surface area contributed by atoms with Crippen molar-refractivity contribution in [1.82, 2.24) is 0 Å². The van der Waals surface area contributed by atoms with Gasteiger partial charge in [-0.05, 0) is 43.2 Å². The summed E-state index contributed by atoms with van der Waals surface area (Å²) < 4.78 is 54.3. The Morgan fingerprint density at radius 3 is 2.05 bits per heavy atom. The second-order valence-corrected chi connectivity index (χ2v) is 4.78. The van der Waals surface area contributed by atoms with Crippen molar-refractivity contribution >= 4 is 0 Å². The lowest BCUT2D eigenvalue weighted by atomic mass is 9.86. The zero-order valence-electron chi connectivity index (χ0n) is 10.8. The smallest absolute Gasteiger partial charge is 0.135 e. The molecule has 20 heavy (non-hydrogen) atoms. The molecular weight excluding hydrogens is 272 g/mol. The summed E-state index contributed by atoms with van der Waals surface area (Å²) in [6, 6.07) is 4.51. The Kier molecular flexibility index (Phi) is 3.56. The van der Waals surface area contributed by atoms with Crippen LogP contribution in [-0.2, 0) is 5.60 Å². The van der Waals surface area contributed by atoms with Crippen molar-refractivity contribution in [2.75, 3.05) is 0 Å². The van der Waals surface area contributed by atoms with E-state index in [4.69, 9.17) is 0 Å². The number of hydrogen-bond donors (Lipinski definition) is 1. The molecule has 0 radical (unpaired) electrons. The third-order valence-corrected chi connectivity index (χ3v) is 3.20. The molecule has 0 aliphatic carbocycles. The van der Waals surface area contributed by atoms with Crippen LogP contribution in [0.3, 0.4) is 0 Å². The lowest BCUT2D eigenvalue weighted by Gasteiger charge is -2.26. The van der Waals surface area contributed by atoms with Gasteiger partial charge in [-0.2, -0.15) is 0 Å². The van der Waals surface area contributed by atoms with E-state index in [-0.39, 0.29) is 11.1 Å². The van der Waals surface area contributed by atoms with Gasteiger partial charge in [0.05, 0.1) is 5.56 Å². The highest BCUT2D eigenvalue weighted by Crippen LogP contribution is 2.34. The van der Waals surface area contributed by atoms with Crippen molar-refractivity contribution in [3.63, 3.8) is 0 Å². The van der Waals surface area contributed by atoms with Crippen molar-refractivity contribution in [3.05, 3.63) is 70.3 Å². The van der Waals surface area contributed by atoms with Gasteiger partial charge in [0.2, 0.25) is 0 Å². The number of aryl methyl sites for hydroxylation is 1. The van der Waals surface area contributed by atoms with Crippen LogP contribution in [0.2, 0.25) is 0 Å². The first kappa shape index (κ1) is 14.5. The van der Waals surface area contributed by atoms with E-state index in [1.54, 1.807) is 0 Å². The molecule has 1 unspecified atom stereocenters. The van der Waals surface area contributed by atoms with Crippen LogP contribution in [0.25, 0.3) is 0 Å². The molecule has 2 aromatic carbocycles. The lowest BCUT2D eigenvalue weighted by Crippen LogP contribution is -2.27. The van der Waals surface area contributed by atoms with E-state index < -0.39 is 34.4 Å². The van der Waals surface area contributed by atoms with Crippen LogP contribution in [0.5, 0.6) is 0 Å². The van der Waals surface area contributed by atoms with Gasteiger partial charge in [0, 0.05) is 6.07 Å². The number of rotatable bonds is 2. The van der Waals surface area contributed by atoms with E-state index in [0.717, 1.165) is 25.1 Å². The summed E-state index contributed by atoms with van der Waals surface area (Å²) in [5, 5.41) is 10.4. The molecule has 0 saturated heterocycles. The molecule has 0 aliphatic heterocycles. The maximum absolute atomic E-state index is 14.1. The number of halogens is 4. The van der Waals surface area contributed by atoms with Crippen molar-refractivity contribution in [1.29, 1.82) is 0 Å². The Balaban J connectivity index is 2.69. The Hall–Kier alpha value is -1.88. The van der Waals surface area contributed by atoms with Gasteiger partial charge in [0.25, 0.3) is 0 Å². The Labute approximate surface area is 113 Å². The zero-order valence-corrected chi connectivity index (χ0v) is 10.8. The van der Waals surface area contributed by atoms with Gasteiger partial charge in [0.1, 0.15) is 28.9 Å². The van der Waals surface area contributed by atoms with Crippen LogP contribution in [-0.4, -0.2) is 5.11 Å². The van der Waals surface area contributed by atoms with E-state index in [0.29, 0.717) is 6.07 Å². The molecule has 0 bridgehead atoms. The van der Waals surface area contributed by atoms with Crippen LogP contribution < -0.4 is 0 Å². The summed E-state index contributed by atoms with van der Waals surface area (Å²) in [5.74, 6) is -3.80. The normalized spacial score (nSPS) is 14.2. The van der Waals surface area contributed by atoms with Gasteiger partial charge >= 0.3 is 0 Å². The standard InChI is InChI=1S/C15H12F4O/c1-8-3-4-12(18)13(14(8)19)15(2,20)9-5-10(16)7-11(17)6-9/h3-7,20H,1-2H3. The minimum Gasteiger partial charge on any atom is -0.380 e. The predicted molar refractivity (Wildman–Crippen MR) is 66.1 cm³/mol. The third kappa shape index (κ3) is 2.41. The van der Waals surface area contributed by atoms with Crippen molar-refractivity contribution in [2.24, 2.45) is 0 Å². The van der Waals surface area contributed by atoms with Crippen LogP contribution in [0.1, 0.15) is 23.6 Å². The van der Waals surface area contributed by atoms with Crippen molar-refractivity contribution in [2.45, 2.75) is 19.4 Å². The minimum absolute atomic E-state index is 0.124. The first-order chi connectivity index (χ1) is 9.23. The highest BCUT2D eigenvalue weighted by Gasteiger charge is 2.33. The predicted octanol–water partition coefficient (Wildman–Crippen LogP) is 3.81. The molecule has 106 valence electrons. The molecule has 0 amide bonds. The molecule has 2 aromatic rings. The fraction of sp³-hybridized carbons (Fsp3) is 0.200. The largest absolute Gasteiger partial charge is 0.380 e. The van der Waals surface area contributed by atoms with E-state index in [2.05, 4.69) is 0 Å². The maximum Gasteiger partial charge on any atom is 0.135 e. The lowest BCUT2D eigenvalue weighted by molar-refractivity contribution is 0.0924. The van der Waals surface area contributed by atoms with E-state index in [1.807, 2.05) is 0 Å². The highest BCUT2D eigenvalue weighted by molar-refractivity contribution is 5.39. The van der Waals surface area contributed by atoms with Gasteiger partial charge in [-0.25, -0.2) is 17.6 Å². The van der Waals surface area contributed by atoms with Gasteiger partial charge in [-0.1, -0.05) is 6.07 Å². The summed E-state index contributed by atoms with van der Waals surface area (Å²) in [5.41, 5.74) is -2.97. The fourth-order valence-electron chi connectivity index (χ4n) is 2.08. The first-order valence-corrected chi connectivity index (χ1v) is 5.87. The van der Waals surface area contributed by atoms with Gasteiger partial charge in [-0.3, -0.25) is 0 Å². The van der Waals surface area contributed by atoms with Crippen molar-refractivity contribution < 1.29 is 22.7 Å². The minimum atomic E-state index is -2.19. The van der Waals surface area contributed by atoms with Crippen LogP contribution in [0.4, 0.5) is 17.6 Å². The molecule has 0 aliphatic rings. The van der Waals surface area contributed by atoms with E-state index >= 15 is 0 Å². The van der Waals surface area contributed by atoms with Gasteiger partial charge < -0.3 is 5.11 Å². The summed E-state index contributed by atoms with van der Waals surface area (Å²) in [6.07, 6.45) is 0. The van der Waals surface area contributed by atoms with Crippen LogP contribution in [0.15, 0.2) is 30.3 Å². The third-order valence-electron chi connectivity index (χ3n) is 3.20. The topological polar surface area (TPSA) is 20.2 Å². The molecule has 2 rings (SSSR count). The number of aliphatic hydroxyl groups is 1. The SMILES string of the molecule is Cc1ccc(F)c(C(C)(O)c2cc(F)cc(F)c2)c1F. The summed E-state index contributed by atoms with van der Waals surface area (Å²) in [4.78, 5) is 0. The van der Waals surface area contributed by atoms with Gasteiger partial charge in [0.15, 0.2) is 0 Å². The molecule has 1 nitrogen and oxygen atoms in total. The Morgan fingerprint density at radius 1 is 0.950 bits per heavy atom. The second kappa shape index (κ2) is 4.90. The average Bonchev–Trinajstić information content (AvgIpc) is 2.33. The molecule has 0 aromatic heterocycles. The Morgan fingerprint density at radius 2 is 1.50 bits per heavy atom. The van der Waals surface area contributed by atoms with E-state index in [9.17, 15) is 22.7 Å². The van der Waals surface area contributed by atoms with Crippen molar-refractivity contribution in [3.8, 4) is 0 Å². The van der Waals surface area contributed by atoms with Gasteiger partial charge in [-0.15, -0.1) is 0 Å². The zero-order chi connectivity index (χ0) is 15.1. The average molecular weight is 284 g/mol. The molecular formula is C15H12F4O. The van der Waals surface area contributed by atoms with Crippen LogP contribution >= 0.6 is 0 Å². The summed E-state index contributed by atoms with van der Waals surface area (Å²) in [7, 11) is 0. The first-order valence-electron chi connectivity index (χ1n) is 5.87. The second-order valence-electron chi connectivity index (χ2n) is 4.78. The van der Waals surface area contributed by atoms with Crippen LogP contribution in [0, 0.1) is 30.2 Å². The molecule has 0 fully saturated rings. The molecule has 1 atom stereocenters. The summed E-state index contributed by atoms with van der Waals surface area (Å²) >= 11 is 0. The molecule has 5 heteroatoms. The molecule has 1 N–H and O–H groups in total. The number of hydrogen-bond acceptors (Lipinski definition) is 1. The molecule has 0 spiro atoms. The monoisotopic (exact) mass is 284 g/mol. The Bertz CT molecular complexity index is 645. The fourth-order valence-corrected chi connectivity index (χ4v) is 2.08. The molecule has 0 heterocycles. The quantitative estimate of drug-likeness (QED) is 0.831. The molecule has 0 saturated carbocycles. The maximum atomic E-state index is 14.1.